The smallest absolute Gasteiger partial charge is 0.241 e. The van der Waals surface area contributed by atoms with Crippen LogP contribution in [0.5, 0.6) is 11.5 Å². The molecule has 1 heterocycles. The monoisotopic (exact) mass is 396 g/mol. The average molecular weight is 396 g/mol. The lowest BCUT2D eigenvalue weighted by Crippen LogP contribution is -2.47. The lowest BCUT2D eigenvalue weighted by atomic mass is 9.88. The summed E-state index contributed by atoms with van der Waals surface area (Å²) in [5, 5.41) is 2.94. The van der Waals surface area contributed by atoms with E-state index in [0.717, 1.165) is 18.6 Å². The summed E-state index contributed by atoms with van der Waals surface area (Å²) in [4.78, 5) is 27.6. The van der Waals surface area contributed by atoms with Gasteiger partial charge in [-0.25, -0.2) is 0 Å². The van der Waals surface area contributed by atoms with E-state index in [4.69, 9.17) is 9.47 Å². The zero-order chi connectivity index (χ0) is 20.8. The molecular formula is C23H28N2O4. The summed E-state index contributed by atoms with van der Waals surface area (Å²) in [5.41, 5.74) is 1.38. The second-order valence-electron chi connectivity index (χ2n) is 7.27. The first kappa shape index (κ1) is 20.9. The third-order valence-corrected chi connectivity index (χ3v) is 5.57. The van der Waals surface area contributed by atoms with E-state index in [0.29, 0.717) is 30.1 Å². The number of carbonyl (C=O) groups is 2. The van der Waals surface area contributed by atoms with Crippen molar-refractivity contribution >= 4 is 17.4 Å². The number of likely N-dealkylation sites (tertiary alicyclic amines) is 1. The highest BCUT2D eigenvalue weighted by Gasteiger charge is 2.30. The van der Waals surface area contributed by atoms with Crippen LogP contribution < -0.4 is 14.8 Å². The summed E-state index contributed by atoms with van der Waals surface area (Å²) >= 11 is 0. The summed E-state index contributed by atoms with van der Waals surface area (Å²) in [5.74, 6) is 1.46. The quantitative estimate of drug-likeness (QED) is 0.724. The maximum Gasteiger partial charge on any atom is 0.241 e. The van der Waals surface area contributed by atoms with Crippen LogP contribution in [-0.4, -0.2) is 49.9 Å². The van der Waals surface area contributed by atoms with Crippen LogP contribution in [0.2, 0.25) is 0 Å². The van der Waals surface area contributed by atoms with E-state index in [-0.39, 0.29) is 23.7 Å². The van der Waals surface area contributed by atoms with Gasteiger partial charge in [0.25, 0.3) is 0 Å². The predicted octanol–water partition coefficient (Wildman–Crippen LogP) is 3.63. The maximum atomic E-state index is 12.8. The maximum absolute atomic E-state index is 12.8. The molecule has 2 aromatic rings. The number of rotatable bonds is 7. The number of ketones is 1. The number of methoxy groups -OCH3 is 2. The Morgan fingerprint density at radius 3 is 2.28 bits per heavy atom. The molecule has 0 radical (unpaired) electrons. The molecule has 1 aliphatic heterocycles. The molecule has 0 spiro atoms. The Kier molecular flexibility index (Phi) is 6.88. The number of piperidine rings is 1. The number of carbonyl (C=O) groups excluding carboxylic acids is 2. The van der Waals surface area contributed by atoms with Gasteiger partial charge in [0.1, 0.15) is 11.5 Å². The van der Waals surface area contributed by atoms with Gasteiger partial charge in [0.15, 0.2) is 5.78 Å². The van der Waals surface area contributed by atoms with Crippen molar-refractivity contribution in [3.8, 4) is 11.5 Å². The number of nitrogens with zero attached hydrogens (tertiary/aromatic N) is 1. The Morgan fingerprint density at radius 2 is 1.66 bits per heavy atom. The van der Waals surface area contributed by atoms with Crippen LogP contribution in [0.4, 0.5) is 5.69 Å². The Hall–Kier alpha value is -2.86. The van der Waals surface area contributed by atoms with Crippen molar-refractivity contribution in [3.63, 3.8) is 0 Å². The number of para-hydroxylation sites is 2. The van der Waals surface area contributed by atoms with Gasteiger partial charge in [-0.2, -0.15) is 0 Å². The largest absolute Gasteiger partial charge is 0.497 e. The molecule has 6 heteroatoms. The first-order valence-electron chi connectivity index (χ1n) is 9.89. The highest BCUT2D eigenvalue weighted by molar-refractivity contribution is 5.98. The molecule has 1 aliphatic rings. The van der Waals surface area contributed by atoms with E-state index < -0.39 is 0 Å². The number of benzene rings is 2. The summed E-state index contributed by atoms with van der Waals surface area (Å²) < 4.78 is 10.4. The Balaban J connectivity index is 1.55. The van der Waals surface area contributed by atoms with Crippen molar-refractivity contribution in [2.24, 2.45) is 5.92 Å². The van der Waals surface area contributed by atoms with Gasteiger partial charge in [0, 0.05) is 11.5 Å². The first-order chi connectivity index (χ1) is 14.0. The van der Waals surface area contributed by atoms with Crippen LogP contribution in [-0.2, 0) is 4.79 Å². The van der Waals surface area contributed by atoms with Crippen molar-refractivity contribution in [3.05, 3.63) is 54.1 Å². The van der Waals surface area contributed by atoms with Crippen LogP contribution >= 0.6 is 0 Å². The molecule has 0 aliphatic carbocycles. The molecule has 1 atom stereocenters. The molecule has 0 bridgehead atoms. The predicted molar refractivity (Wildman–Crippen MR) is 113 cm³/mol. The minimum atomic E-state index is -0.281. The fourth-order valence-corrected chi connectivity index (χ4v) is 3.69. The summed E-state index contributed by atoms with van der Waals surface area (Å²) in [6, 6.07) is 14.3. The van der Waals surface area contributed by atoms with E-state index in [1.807, 2.05) is 55.5 Å². The molecule has 6 nitrogen and oxygen atoms in total. The summed E-state index contributed by atoms with van der Waals surface area (Å²) in [7, 11) is 3.19. The van der Waals surface area contributed by atoms with E-state index >= 15 is 0 Å². The standard InChI is InChI=1S/C23H28N2O4/c1-16(23(27)24-20-6-4-5-7-21(20)29-3)25-14-12-18(13-15-25)22(26)17-8-10-19(28-2)11-9-17/h4-11,16,18H,12-15H2,1-3H3,(H,24,27). The van der Waals surface area contributed by atoms with Crippen LogP contribution in [0.1, 0.15) is 30.1 Å². The average Bonchev–Trinajstić information content (AvgIpc) is 2.78. The Labute approximate surface area is 171 Å². The molecule has 1 unspecified atom stereocenters. The molecular weight excluding hydrogens is 368 g/mol. The minimum Gasteiger partial charge on any atom is -0.497 e. The summed E-state index contributed by atoms with van der Waals surface area (Å²) in [6.45, 7) is 3.33. The molecule has 1 N–H and O–H groups in total. The third-order valence-electron chi connectivity index (χ3n) is 5.57. The van der Waals surface area contributed by atoms with Crippen molar-refractivity contribution in [1.82, 2.24) is 4.90 Å². The molecule has 1 saturated heterocycles. The zero-order valence-electron chi connectivity index (χ0n) is 17.2. The van der Waals surface area contributed by atoms with Crippen molar-refractivity contribution < 1.29 is 19.1 Å². The molecule has 0 saturated carbocycles. The first-order valence-corrected chi connectivity index (χ1v) is 9.89. The Bertz CT molecular complexity index is 842. The lowest BCUT2D eigenvalue weighted by molar-refractivity contribution is -0.121. The SMILES string of the molecule is COc1ccc(C(=O)C2CCN(C(C)C(=O)Nc3ccccc3OC)CC2)cc1. The zero-order valence-corrected chi connectivity index (χ0v) is 17.2. The number of nitrogens with one attached hydrogen (secondary N) is 1. The number of anilines is 1. The van der Waals surface area contributed by atoms with Crippen LogP contribution in [0, 0.1) is 5.92 Å². The van der Waals surface area contributed by atoms with Gasteiger partial charge in [-0.1, -0.05) is 12.1 Å². The highest BCUT2D eigenvalue weighted by Crippen LogP contribution is 2.26. The van der Waals surface area contributed by atoms with Gasteiger partial charge in [0.2, 0.25) is 5.91 Å². The molecule has 1 amide bonds. The van der Waals surface area contributed by atoms with Gasteiger partial charge in [-0.15, -0.1) is 0 Å². The van der Waals surface area contributed by atoms with Crippen LogP contribution in [0.15, 0.2) is 48.5 Å². The van der Waals surface area contributed by atoms with E-state index in [1.165, 1.54) is 0 Å². The second-order valence-corrected chi connectivity index (χ2v) is 7.27. The topological polar surface area (TPSA) is 67.9 Å². The fourth-order valence-electron chi connectivity index (χ4n) is 3.69. The van der Waals surface area contributed by atoms with Crippen molar-refractivity contribution in [2.75, 3.05) is 32.6 Å². The van der Waals surface area contributed by atoms with E-state index in [1.54, 1.807) is 14.2 Å². The number of amides is 1. The second kappa shape index (κ2) is 9.56. The van der Waals surface area contributed by atoms with Gasteiger partial charge >= 0.3 is 0 Å². The molecule has 1 fully saturated rings. The number of hydrogen-bond donors (Lipinski definition) is 1. The third kappa shape index (κ3) is 4.95. The lowest BCUT2D eigenvalue weighted by Gasteiger charge is -2.34. The van der Waals surface area contributed by atoms with E-state index in [9.17, 15) is 9.59 Å². The molecule has 0 aromatic heterocycles. The number of ether oxygens (including phenoxy) is 2. The van der Waals surface area contributed by atoms with Gasteiger partial charge in [-0.05, 0) is 69.3 Å². The summed E-state index contributed by atoms with van der Waals surface area (Å²) in [6.07, 6.45) is 1.49. The molecule has 3 rings (SSSR count). The van der Waals surface area contributed by atoms with E-state index in [2.05, 4.69) is 10.2 Å². The number of hydrogen-bond acceptors (Lipinski definition) is 5. The van der Waals surface area contributed by atoms with Gasteiger partial charge in [-0.3, -0.25) is 14.5 Å². The van der Waals surface area contributed by atoms with Crippen molar-refractivity contribution in [2.45, 2.75) is 25.8 Å². The van der Waals surface area contributed by atoms with Crippen LogP contribution in [0.25, 0.3) is 0 Å². The van der Waals surface area contributed by atoms with Gasteiger partial charge in [0.05, 0.1) is 25.9 Å². The molecule has 2 aromatic carbocycles. The Morgan fingerprint density at radius 1 is 1.00 bits per heavy atom. The van der Waals surface area contributed by atoms with Crippen LogP contribution in [0.3, 0.4) is 0 Å². The minimum absolute atomic E-state index is 0.0101. The fraction of sp³-hybridized carbons (Fsp3) is 0.391. The normalized spacial score (nSPS) is 16.1. The molecule has 29 heavy (non-hydrogen) atoms. The van der Waals surface area contributed by atoms with Gasteiger partial charge < -0.3 is 14.8 Å². The number of Topliss-reactive ketones (excluding diaryl/α,β-unsaturated/α-hetero) is 1. The van der Waals surface area contributed by atoms with Crippen molar-refractivity contribution in [1.29, 1.82) is 0 Å². The molecule has 154 valence electrons. The highest BCUT2D eigenvalue weighted by atomic mass is 16.5.